The largest absolute Gasteiger partial charge is 0.490 e. The summed E-state index contributed by atoms with van der Waals surface area (Å²) < 4.78 is 73.3. The van der Waals surface area contributed by atoms with Crippen molar-refractivity contribution in [3.8, 4) is 5.75 Å². The second-order valence-electron chi connectivity index (χ2n) is 7.55. The highest BCUT2D eigenvalue weighted by Crippen LogP contribution is 2.40. The SMILES string of the molecule is COc1cn(Cc2cc(F)c(F)c(F)c2)c(NC2=C(C)C=C3NC(C(F)F)SC3C2)nc1=O. The lowest BCUT2D eigenvalue weighted by Crippen LogP contribution is -2.27. The number of allylic oxidation sites excluding steroid dienone is 3. The zero-order valence-corrected chi connectivity index (χ0v) is 18.3. The summed E-state index contributed by atoms with van der Waals surface area (Å²) in [6.45, 7) is 1.63. The third-order valence-electron chi connectivity index (χ3n) is 5.28. The first-order valence-electron chi connectivity index (χ1n) is 9.83. The van der Waals surface area contributed by atoms with Gasteiger partial charge in [0.15, 0.2) is 17.5 Å². The Morgan fingerprint density at radius 1 is 1.30 bits per heavy atom. The predicted molar refractivity (Wildman–Crippen MR) is 114 cm³/mol. The number of rotatable bonds is 6. The Labute approximate surface area is 189 Å². The molecule has 0 radical (unpaired) electrons. The number of aromatic nitrogens is 2. The van der Waals surface area contributed by atoms with Crippen LogP contribution in [0.5, 0.6) is 5.75 Å². The summed E-state index contributed by atoms with van der Waals surface area (Å²) in [7, 11) is 1.27. The lowest BCUT2D eigenvalue weighted by Gasteiger charge is -2.23. The molecular formula is C21H19F5N4O2S. The number of nitrogens with zero attached hydrogens (tertiary/aromatic N) is 2. The first-order chi connectivity index (χ1) is 15.7. The van der Waals surface area contributed by atoms with Crippen LogP contribution < -0.4 is 20.9 Å². The quantitative estimate of drug-likeness (QED) is 0.476. The van der Waals surface area contributed by atoms with Crippen LogP contribution in [0.15, 0.2) is 46.2 Å². The summed E-state index contributed by atoms with van der Waals surface area (Å²) in [4.78, 5) is 16.2. The van der Waals surface area contributed by atoms with E-state index in [0.29, 0.717) is 17.8 Å². The van der Waals surface area contributed by atoms with E-state index in [4.69, 9.17) is 4.74 Å². The average molecular weight is 486 g/mol. The third kappa shape index (κ3) is 4.70. The summed E-state index contributed by atoms with van der Waals surface area (Å²) in [5, 5.41) is 4.63. The Balaban J connectivity index is 1.65. The number of methoxy groups -OCH3 is 1. The van der Waals surface area contributed by atoms with Gasteiger partial charge in [-0.2, -0.15) is 4.98 Å². The maximum Gasteiger partial charge on any atom is 0.316 e. The summed E-state index contributed by atoms with van der Waals surface area (Å²) in [5.41, 5.74) is 1.52. The van der Waals surface area contributed by atoms with Crippen molar-refractivity contribution in [3.05, 3.63) is 74.7 Å². The van der Waals surface area contributed by atoms with E-state index in [1.807, 2.05) is 0 Å². The van der Waals surface area contributed by atoms with Crippen molar-refractivity contribution >= 4 is 17.7 Å². The molecule has 1 aliphatic carbocycles. The molecule has 0 spiro atoms. The van der Waals surface area contributed by atoms with Crippen molar-refractivity contribution in [3.63, 3.8) is 0 Å². The van der Waals surface area contributed by atoms with Gasteiger partial charge in [-0.15, -0.1) is 11.8 Å². The first kappa shape index (κ1) is 23.1. The second-order valence-corrected chi connectivity index (χ2v) is 8.90. The minimum atomic E-state index is -2.52. The molecule has 2 aromatic rings. The van der Waals surface area contributed by atoms with Gasteiger partial charge in [-0.25, -0.2) is 22.0 Å². The average Bonchev–Trinajstić information content (AvgIpc) is 3.17. The van der Waals surface area contributed by atoms with E-state index in [-0.39, 0.29) is 29.1 Å². The molecule has 0 saturated carbocycles. The van der Waals surface area contributed by atoms with Gasteiger partial charge >= 0.3 is 5.56 Å². The molecule has 1 aromatic heterocycles. The number of nitrogens with one attached hydrogen (secondary N) is 2. The van der Waals surface area contributed by atoms with Gasteiger partial charge < -0.3 is 19.9 Å². The molecule has 2 aliphatic rings. The minimum absolute atomic E-state index is 0.0542. The smallest absolute Gasteiger partial charge is 0.316 e. The Hall–Kier alpha value is -3.02. The summed E-state index contributed by atoms with van der Waals surface area (Å²) >= 11 is 1.11. The van der Waals surface area contributed by atoms with Gasteiger partial charge in [0.05, 0.1) is 25.1 Å². The molecule has 0 bridgehead atoms. The topological polar surface area (TPSA) is 68.2 Å². The minimum Gasteiger partial charge on any atom is -0.490 e. The highest BCUT2D eigenvalue weighted by atomic mass is 32.2. The number of fused-ring (bicyclic) bond motifs is 1. The molecule has 2 atom stereocenters. The summed E-state index contributed by atoms with van der Waals surface area (Å²) in [6.07, 6.45) is 0.918. The van der Waals surface area contributed by atoms with E-state index >= 15 is 0 Å². The summed E-state index contributed by atoms with van der Waals surface area (Å²) in [5.74, 6) is -4.32. The van der Waals surface area contributed by atoms with Crippen molar-refractivity contribution in [2.75, 3.05) is 12.4 Å². The van der Waals surface area contributed by atoms with E-state index in [9.17, 15) is 26.7 Å². The fraction of sp³-hybridized carbons (Fsp3) is 0.333. The molecule has 2 unspecified atom stereocenters. The number of hydrogen-bond acceptors (Lipinski definition) is 6. The van der Waals surface area contributed by atoms with Crippen molar-refractivity contribution in [1.29, 1.82) is 0 Å². The molecule has 12 heteroatoms. The molecule has 1 fully saturated rings. The Morgan fingerprint density at radius 2 is 2.00 bits per heavy atom. The number of anilines is 1. The number of alkyl halides is 2. The predicted octanol–water partition coefficient (Wildman–Crippen LogP) is 3.99. The molecule has 2 N–H and O–H groups in total. The monoisotopic (exact) mass is 486 g/mol. The fourth-order valence-electron chi connectivity index (χ4n) is 3.64. The maximum absolute atomic E-state index is 13.7. The zero-order chi connectivity index (χ0) is 23.9. The van der Waals surface area contributed by atoms with Gasteiger partial charge in [-0.05, 0) is 36.3 Å². The third-order valence-corrected chi connectivity index (χ3v) is 6.64. The number of ether oxygens (including phenoxy) is 1. The summed E-state index contributed by atoms with van der Waals surface area (Å²) in [6, 6.07) is 1.69. The zero-order valence-electron chi connectivity index (χ0n) is 17.5. The van der Waals surface area contributed by atoms with Crippen LogP contribution in [0.3, 0.4) is 0 Å². The Kier molecular flexibility index (Phi) is 6.37. The lowest BCUT2D eigenvalue weighted by atomic mass is 10.0. The van der Waals surface area contributed by atoms with Crippen LogP contribution in [-0.2, 0) is 6.54 Å². The van der Waals surface area contributed by atoms with Crippen molar-refractivity contribution in [1.82, 2.24) is 14.9 Å². The van der Waals surface area contributed by atoms with Crippen molar-refractivity contribution in [2.24, 2.45) is 0 Å². The molecule has 4 rings (SSSR count). The standard InChI is InChI=1S/C21H19F5N4O2S/c1-9-3-14-16(33-20(27-14)18(25)26)6-13(9)28-21-29-19(31)15(32-2)8-30(21)7-10-4-11(22)17(24)12(23)5-10/h3-5,8,16,18,20,27H,6-7H2,1-2H3,(H,28,29,31). The van der Waals surface area contributed by atoms with Gasteiger partial charge in [0.25, 0.3) is 6.43 Å². The molecular weight excluding hydrogens is 467 g/mol. The highest BCUT2D eigenvalue weighted by Gasteiger charge is 2.37. The first-order valence-corrected chi connectivity index (χ1v) is 10.8. The molecule has 1 aromatic carbocycles. The van der Waals surface area contributed by atoms with Crippen molar-refractivity contribution in [2.45, 2.75) is 36.9 Å². The fourth-order valence-corrected chi connectivity index (χ4v) is 4.86. The Bertz CT molecular complexity index is 1190. The van der Waals surface area contributed by atoms with E-state index in [1.54, 1.807) is 13.0 Å². The normalized spacial score (nSPS) is 19.9. The van der Waals surface area contributed by atoms with Gasteiger partial charge in [0.1, 0.15) is 5.37 Å². The van der Waals surface area contributed by atoms with Crippen molar-refractivity contribution < 1.29 is 26.7 Å². The number of hydrogen-bond donors (Lipinski definition) is 2. The number of thioether (sulfide) groups is 1. The van der Waals surface area contributed by atoms with Crippen LogP contribution in [0, 0.1) is 17.5 Å². The van der Waals surface area contributed by atoms with Crippen LogP contribution in [-0.4, -0.2) is 33.7 Å². The number of benzene rings is 1. The second kappa shape index (κ2) is 9.08. The Morgan fingerprint density at radius 3 is 2.64 bits per heavy atom. The van der Waals surface area contributed by atoms with E-state index in [2.05, 4.69) is 15.6 Å². The molecule has 33 heavy (non-hydrogen) atoms. The van der Waals surface area contributed by atoms with Gasteiger partial charge in [-0.3, -0.25) is 4.79 Å². The van der Waals surface area contributed by atoms with E-state index in [0.717, 1.165) is 29.5 Å². The number of halogens is 5. The molecule has 1 aliphatic heterocycles. The van der Waals surface area contributed by atoms with E-state index in [1.165, 1.54) is 17.9 Å². The van der Waals surface area contributed by atoms with Crippen LogP contribution in [0.4, 0.5) is 27.9 Å². The van der Waals surface area contributed by atoms with Crippen LogP contribution in [0.2, 0.25) is 0 Å². The maximum atomic E-state index is 13.7. The highest BCUT2D eigenvalue weighted by molar-refractivity contribution is 8.01. The van der Waals surface area contributed by atoms with Crippen LogP contribution >= 0.6 is 11.8 Å². The molecule has 2 heterocycles. The van der Waals surface area contributed by atoms with Crippen LogP contribution in [0.25, 0.3) is 0 Å². The molecule has 176 valence electrons. The van der Waals surface area contributed by atoms with Crippen LogP contribution in [0.1, 0.15) is 18.9 Å². The van der Waals surface area contributed by atoms with Gasteiger partial charge in [0.2, 0.25) is 11.7 Å². The van der Waals surface area contributed by atoms with Gasteiger partial charge in [-0.1, -0.05) is 0 Å². The van der Waals surface area contributed by atoms with Gasteiger partial charge in [0, 0.05) is 17.8 Å². The van der Waals surface area contributed by atoms with E-state index < -0.39 is 34.8 Å². The molecule has 6 nitrogen and oxygen atoms in total. The molecule has 0 amide bonds. The molecule has 1 saturated heterocycles. The lowest BCUT2D eigenvalue weighted by molar-refractivity contribution is 0.139.